The number of carbonyl (C=O) groups excluding carboxylic acids is 1. The topological polar surface area (TPSA) is 55.1 Å². The molecule has 0 bridgehead atoms. The maximum atomic E-state index is 12.1. The zero-order valence-corrected chi connectivity index (χ0v) is 11.6. The summed E-state index contributed by atoms with van der Waals surface area (Å²) in [6.45, 7) is 2.59. The second-order valence-corrected chi connectivity index (χ2v) is 5.46. The third-order valence-corrected chi connectivity index (χ3v) is 4.06. The zero-order chi connectivity index (χ0) is 13.8. The van der Waals surface area contributed by atoms with E-state index < -0.39 is 0 Å². The Bertz CT molecular complexity index is 652. The first-order valence-corrected chi connectivity index (χ1v) is 6.95. The first-order valence-electron chi connectivity index (χ1n) is 6.13. The predicted octanol–water partition coefficient (Wildman–Crippen LogP) is 2.94. The Morgan fingerprint density at radius 1 is 1.53 bits per heavy atom. The molecule has 2 rings (SSSR count). The van der Waals surface area contributed by atoms with Crippen LogP contribution in [0, 0.1) is 19.3 Å². The Balaban J connectivity index is 2.18. The van der Waals surface area contributed by atoms with E-state index in [0.717, 1.165) is 22.1 Å². The number of amides is 1. The van der Waals surface area contributed by atoms with E-state index in [0.29, 0.717) is 23.5 Å². The van der Waals surface area contributed by atoms with Crippen LogP contribution in [0.2, 0.25) is 0 Å². The zero-order valence-electron chi connectivity index (χ0n) is 10.8. The van der Waals surface area contributed by atoms with E-state index in [1.165, 1.54) is 11.3 Å². The quantitative estimate of drug-likeness (QED) is 0.664. The maximum Gasteiger partial charge on any atom is 0.263 e. The number of anilines is 1. The van der Waals surface area contributed by atoms with Gasteiger partial charge < -0.3 is 11.1 Å². The van der Waals surface area contributed by atoms with Crippen molar-refractivity contribution in [3.63, 3.8) is 0 Å². The average molecular weight is 272 g/mol. The minimum Gasteiger partial charge on any atom is -0.397 e. The van der Waals surface area contributed by atoms with E-state index in [4.69, 9.17) is 12.2 Å². The Hall–Kier alpha value is -1.99. The van der Waals surface area contributed by atoms with E-state index in [2.05, 4.69) is 11.2 Å². The highest BCUT2D eigenvalue weighted by Crippen LogP contribution is 2.34. The van der Waals surface area contributed by atoms with Crippen molar-refractivity contribution in [3.8, 4) is 12.3 Å². The molecule has 1 aromatic heterocycles. The molecule has 0 unspecified atom stereocenters. The molecule has 0 atom stereocenters. The van der Waals surface area contributed by atoms with Gasteiger partial charge >= 0.3 is 0 Å². The van der Waals surface area contributed by atoms with Crippen LogP contribution < -0.4 is 11.1 Å². The van der Waals surface area contributed by atoms with Gasteiger partial charge in [-0.25, -0.2) is 0 Å². The number of thiophene rings is 1. The molecule has 1 amide bonds. The summed E-state index contributed by atoms with van der Waals surface area (Å²) in [4.78, 5) is 12.6. The van der Waals surface area contributed by atoms with Crippen molar-refractivity contribution < 1.29 is 4.79 Å². The lowest BCUT2D eigenvalue weighted by Gasteiger charge is -2.02. The Kier molecular flexibility index (Phi) is 4.08. The van der Waals surface area contributed by atoms with Crippen LogP contribution >= 0.6 is 11.3 Å². The second kappa shape index (κ2) is 5.77. The molecular formula is C15H16N2OS. The van der Waals surface area contributed by atoms with Crippen LogP contribution in [0.3, 0.4) is 0 Å². The fourth-order valence-electron chi connectivity index (χ4n) is 1.87. The third-order valence-electron chi connectivity index (χ3n) is 2.87. The highest BCUT2D eigenvalue weighted by molar-refractivity contribution is 7.21. The summed E-state index contributed by atoms with van der Waals surface area (Å²) in [6, 6.07) is 6.03. The number of nitrogen functional groups attached to an aromatic ring is 1. The lowest BCUT2D eigenvalue weighted by molar-refractivity contribution is 0.0958. The first-order chi connectivity index (χ1) is 9.13. The molecule has 0 saturated heterocycles. The number of fused-ring (bicyclic) bond motifs is 1. The second-order valence-electron chi connectivity index (χ2n) is 4.41. The van der Waals surface area contributed by atoms with E-state index >= 15 is 0 Å². The summed E-state index contributed by atoms with van der Waals surface area (Å²) >= 11 is 1.43. The summed E-state index contributed by atoms with van der Waals surface area (Å²) < 4.78 is 1.04. The minimum atomic E-state index is -0.117. The number of benzene rings is 1. The molecule has 1 aromatic carbocycles. The molecule has 2 aromatic rings. The molecular weight excluding hydrogens is 256 g/mol. The van der Waals surface area contributed by atoms with Crippen LogP contribution in [-0.4, -0.2) is 12.5 Å². The molecule has 3 N–H and O–H groups in total. The van der Waals surface area contributed by atoms with Gasteiger partial charge in [-0.2, -0.15) is 0 Å². The smallest absolute Gasteiger partial charge is 0.263 e. The van der Waals surface area contributed by atoms with Crippen LogP contribution in [0.5, 0.6) is 0 Å². The molecule has 0 aliphatic rings. The molecule has 0 aliphatic carbocycles. The van der Waals surface area contributed by atoms with Crippen LogP contribution in [-0.2, 0) is 0 Å². The van der Waals surface area contributed by atoms with Gasteiger partial charge in [0.15, 0.2) is 0 Å². The average Bonchev–Trinajstić information content (AvgIpc) is 2.72. The summed E-state index contributed by atoms with van der Waals surface area (Å²) in [5.74, 6) is 2.43. The fourth-order valence-corrected chi connectivity index (χ4v) is 2.89. The number of unbranched alkanes of at least 4 members (excludes halogenated alkanes) is 1. The van der Waals surface area contributed by atoms with Gasteiger partial charge in [0.2, 0.25) is 0 Å². The summed E-state index contributed by atoms with van der Waals surface area (Å²) in [5.41, 5.74) is 7.76. The van der Waals surface area contributed by atoms with Crippen molar-refractivity contribution in [2.45, 2.75) is 19.8 Å². The number of hydrogen-bond donors (Lipinski definition) is 2. The highest BCUT2D eigenvalue weighted by Gasteiger charge is 2.15. The number of terminal acetylenes is 1. The lowest BCUT2D eigenvalue weighted by Crippen LogP contribution is -2.24. The van der Waals surface area contributed by atoms with Crippen LogP contribution in [0.15, 0.2) is 18.2 Å². The van der Waals surface area contributed by atoms with Gasteiger partial charge in [0.25, 0.3) is 5.91 Å². The molecule has 0 aliphatic heterocycles. The number of carbonyl (C=O) groups is 1. The largest absolute Gasteiger partial charge is 0.397 e. The Morgan fingerprint density at radius 2 is 2.32 bits per heavy atom. The monoisotopic (exact) mass is 272 g/mol. The van der Waals surface area contributed by atoms with Gasteiger partial charge in [0.1, 0.15) is 4.88 Å². The SMILES string of the molecule is C#CCCCNC(=O)c1sc2ccc(C)cc2c1N. The van der Waals surface area contributed by atoms with Gasteiger partial charge in [-0.15, -0.1) is 23.7 Å². The number of aryl methyl sites for hydroxylation is 1. The third kappa shape index (κ3) is 2.88. The van der Waals surface area contributed by atoms with Gasteiger partial charge in [-0.3, -0.25) is 4.79 Å². The van der Waals surface area contributed by atoms with Crippen molar-refractivity contribution >= 4 is 33.0 Å². The van der Waals surface area contributed by atoms with E-state index in [1.54, 1.807) is 0 Å². The highest BCUT2D eigenvalue weighted by atomic mass is 32.1. The molecule has 4 heteroatoms. The lowest BCUT2D eigenvalue weighted by atomic mass is 10.1. The predicted molar refractivity (Wildman–Crippen MR) is 81.4 cm³/mol. The van der Waals surface area contributed by atoms with Crippen molar-refractivity contribution in [2.75, 3.05) is 12.3 Å². The summed E-state index contributed by atoms with van der Waals surface area (Å²) in [6.07, 6.45) is 6.62. The van der Waals surface area contributed by atoms with Gasteiger partial charge in [0.05, 0.1) is 5.69 Å². The molecule has 3 nitrogen and oxygen atoms in total. The normalized spacial score (nSPS) is 10.3. The van der Waals surface area contributed by atoms with Crippen LogP contribution in [0.1, 0.15) is 28.1 Å². The van der Waals surface area contributed by atoms with Crippen molar-refractivity contribution in [1.29, 1.82) is 0 Å². The molecule has 0 spiro atoms. The van der Waals surface area contributed by atoms with Gasteiger partial charge in [0, 0.05) is 23.1 Å². The number of rotatable bonds is 4. The number of nitrogens with one attached hydrogen (secondary N) is 1. The fraction of sp³-hybridized carbons (Fsp3) is 0.267. The molecule has 0 saturated carbocycles. The van der Waals surface area contributed by atoms with Gasteiger partial charge in [-0.05, 0) is 25.5 Å². The minimum absolute atomic E-state index is 0.117. The van der Waals surface area contributed by atoms with E-state index in [9.17, 15) is 4.79 Å². The van der Waals surface area contributed by atoms with Crippen LogP contribution in [0.4, 0.5) is 5.69 Å². The Labute approximate surface area is 116 Å². The van der Waals surface area contributed by atoms with Gasteiger partial charge in [-0.1, -0.05) is 11.6 Å². The summed E-state index contributed by atoms with van der Waals surface area (Å²) in [7, 11) is 0. The Morgan fingerprint density at radius 3 is 3.05 bits per heavy atom. The number of nitrogens with two attached hydrogens (primary N) is 1. The van der Waals surface area contributed by atoms with Crippen LogP contribution in [0.25, 0.3) is 10.1 Å². The molecule has 98 valence electrons. The molecule has 1 heterocycles. The van der Waals surface area contributed by atoms with E-state index in [1.807, 2.05) is 25.1 Å². The van der Waals surface area contributed by atoms with Crippen molar-refractivity contribution in [3.05, 3.63) is 28.6 Å². The molecule has 0 radical (unpaired) electrons. The first kappa shape index (κ1) is 13.4. The van der Waals surface area contributed by atoms with E-state index in [-0.39, 0.29) is 5.91 Å². The van der Waals surface area contributed by atoms with Crippen molar-refractivity contribution in [1.82, 2.24) is 5.32 Å². The standard InChI is InChI=1S/C15H16N2OS/c1-3-4-5-8-17-15(18)14-13(16)11-9-10(2)6-7-12(11)19-14/h1,6-7,9H,4-5,8,16H2,2H3,(H,17,18). The number of hydrogen-bond acceptors (Lipinski definition) is 3. The molecule has 19 heavy (non-hydrogen) atoms. The van der Waals surface area contributed by atoms with Crippen molar-refractivity contribution in [2.24, 2.45) is 0 Å². The maximum absolute atomic E-state index is 12.1. The molecule has 0 fully saturated rings. The summed E-state index contributed by atoms with van der Waals surface area (Å²) in [5, 5.41) is 3.80.